The molecule has 120 valence electrons. The van der Waals surface area contributed by atoms with Crippen molar-refractivity contribution in [1.29, 1.82) is 0 Å². The average molecular weight is 306 g/mol. The number of aromatic nitrogens is 2. The Morgan fingerprint density at radius 3 is 2.91 bits per heavy atom. The van der Waals surface area contributed by atoms with Gasteiger partial charge >= 0.3 is 6.09 Å². The van der Waals surface area contributed by atoms with E-state index >= 15 is 0 Å². The van der Waals surface area contributed by atoms with Gasteiger partial charge in [0.1, 0.15) is 6.04 Å². The number of hydrogen-bond acceptors (Lipinski definition) is 4. The van der Waals surface area contributed by atoms with Gasteiger partial charge in [-0.2, -0.15) is 5.10 Å². The van der Waals surface area contributed by atoms with Crippen molar-refractivity contribution in [3.8, 4) is 0 Å². The molecule has 3 heterocycles. The number of fused-ring (bicyclic) bond motifs is 1. The van der Waals surface area contributed by atoms with Gasteiger partial charge < -0.3 is 9.64 Å². The van der Waals surface area contributed by atoms with Crippen molar-refractivity contribution < 1.29 is 14.3 Å². The topological polar surface area (TPSA) is 78.5 Å². The number of likely N-dealkylation sites (tertiary alicyclic amines) is 1. The second-order valence-electron chi connectivity index (χ2n) is 5.96. The van der Waals surface area contributed by atoms with E-state index in [4.69, 9.17) is 4.74 Å². The van der Waals surface area contributed by atoms with Gasteiger partial charge in [0.2, 0.25) is 5.91 Å². The number of carbonyl (C=O) groups excluding carboxylic acids is 2. The molecule has 0 radical (unpaired) electrons. The summed E-state index contributed by atoms with van der Waals surface area (Å²) in [4.78, 5) is 28.2. The first-order valence-electron chi connectivity index (χ1n) is 7.78. The minimum Gasteiger partial charge on any atom is -0.453 e. The van der Waals surface area contributed by atoms with E-state index in [-0.39, 0.29) is 5.91 Å². The molecule has 1 N–H and O–H groups in total. The molecule has 7 nitrogen and oxygen atoms in total. The van der Waals surface area contributed by atoms with Crippen molar-refractivity contribution in [2.24, 2.45) is 0 Å². The fraction of sp³-hybridized carbons (Fsp3) is 0.667. The van der Waals surface area contributed by atoms with E-state index in [9.17, 15) is 9.59 Å². The minimum absolute atomic E-state index is 0.0244. The summed E-state index contributed by atoms with van der Waals surface area (Å²) >= 11 is 0. The first kappa shape index (κ1) is 14.9. The molecule has 2 amide bonds. The Kier molecular flexibility index (Phi) is 4.04. The van der Waals surface area contributed by atoms with Gasteiger partial charge in [0.05, 0.1) is 12.8 Å². The molecule has 1 fully saturated rings. The predicted molar refractivity (Wildman–Crippen MR) is 79.2 cm³/mol. The average Bonchev–Trinajstić information content (AvgIpc) is 2.94. The summed E-state index contributed by atoms with van der Waals surface area (Å²) in [6, 6.07) is -0.394. The number of ether oxygens (including phenoxy) is 1. The molecule has 1 aromatic heterocycles. The third-order valence-corrected chi connectivity index (χ3v) is 4.64. The van der Waals surface area contributed by atoms with E-state index in [0.29, 0.717) is 26.1 Å². The standard InChI is InChI=1S/C15H22N4O3/c1-10-11-9-18(8-6-12(11)17-16-10)14(20)13-5-3-4-7-19(13)15(21)22-2/h13H,3-9H2,1-2H3,(H,16,17). The lowest BCUT2D eigenvalue weighted by atomic mass is 9.99. The molecule has 0 aromatic carbocycles. The highest BCUT2D eigenvalue weighted by atomic mass is 16.5. The van der Waals surface area contributed by atoms with Crippen LogP contribution in [0.4, 0.5) is 4.79 Å². The monoisotopic (exact) mass is 306 g/mol. The summed E-state index contributed by atoms with van der Waals surface area (Å²) in [7, 11) is 1.36. The number of amides is 2. The Balaban J connectivity index is 1.75. The van der Waals surface area contributed by atoms with Crippen LogP contribution in [0.2, 0.25) is 0 Å². The number of H-pyrrole nitrogens is 1. The number of rotatable bonds is 1. The van der Waals surface area contributed by atoms with Crippen LogP contribution in [-0.4, -0.2) is 58.2 Å². The van der Waals surface area contributed by atoms with Crippen LogP contribution in [0, 0.1) is 6.92 Å². The van der Waals surface area contributed by atoms with Crippen molar-refractivity contribution in [1.82, 2.24) is 20.0 Å². The summed E-state index contributed by atoms with van der Waals surface area (Å²) in [6.45, 7) is 3.79. The summed E-state index contributed by atoms with van der Waals surface area (Å²) in [6.07, 6.45) is 2.95. The lowest BCUT2D eigenvalue weighted by Gasteiger charge is -2.37. The highest BCUT2D eigenvalue weighted by molar-refractivity contribution is 5.86. The van der Waals surface area contributed by atoms with Crippen LogP contribution in [0.3, 0.4) is 0 Å². The second-order valence-corrected chi connectivity index (χ2v) is 5.96. The molecule has 1 saturated heterocycles. The number of nitrogens with zero attached hydrogens (tertiary/aromatic N) is 3. The molecule has 0 bridgehead atoms. The SMILES string of the molecule is COC(=O)N1CCCCC1C(=O)N1CCc2n[nH]c(C)c2C1. The molecule has 0 saturated carbocycles. The van der Waals surface area contributed by atoms with Gasteiger partial charge in [-0.05, 0) is 26.2 Å². The number of methoxy groups -OCH3 is 1. The van der Waals surface area contributed by atoms with Crippen molar-refractivity contribution in [2.45, 2.75) is 45.2 Å². The first-order valence-corrected chi connectivity index (χ1v) is 7.78. The lowest BCUT2D eigenvalue weighted by Crippen LogP contribution is -2.53. The van der Waals surface area contributed by atoms with E-state index in [2.05, 4.69) is 10.2 Å². The highest BCUT2D eigenvalue weighted by Gasteiger charge is 2.36. The minimum atomic E-state index is -0.407. The van der Waals surface area contributed by atoms with Crippen molar-refractivity contribution in [3.63, 3.8) is 0 Å². The number of aromatic amines is 1. The zero-order valence-electron chi connectivity index (χ0n) is 13.1. The quantitative estimate of drug-likeness (QED) is 0.846. The summed E-state index contributed by atoms with van der Waals surface area (Å²) < 4.78 is 4.82. The van der Waals surface area contributed by atoms with E-state index in [1.54, 1.807) is 4.90 Å². The molecule has 3 rings (SSSR count). The number of nitrogens with one attached hydrogen (secondary N) is 1. The van der Waals surface area contributed by atoms with Gasteiger partial charge in [-0.15, -0.1) is 0 Å². The maximum atomic E-state index is 12.9. The van der Waals surface area contributed by atoms with Gasteiger partial charge in [0.15, 0.2) is 0 Å². The smallest absolute Gasteiger partial charge is 0.410 e. The molecule has 22 heavy (non-hydrogen) atoms. The molecule has 1 unspecified atom stereocenters. The molecule has 1 aromatic rings. The van der Waals surface area contributed by atoms with Gasteiger partial charge in [0, 0.05) is 37.3 Å². The third-order valence-electron chi connectivity index (χ3n) is 4.64. The van der Waals surface area contributed by atoms with E-state index in [1.165, 1.54) is 7.11 Å². The molecular formula is C15H22N4O3. The molecule has 2 aliphatic heterocycles. The zero-order valence-corrected chi connectivity index (χ0v) is 13.1. The molecular weight excluding hydrogens is 284 g/mol. The van der Waals surface area contributed by atoms with Crippen molar-refractivity contribution in [3.05, 3.63) is 17.0 Å². The molecule has 2 aliphatic rings. The van der Waals surface area contributed by atoms with Crippen LogP contribution in [0.15, 0.2) is 0 Å². The Labute approximate surface area is 129 Å². The fourth-order valence-corrected chi connectivity index (χ4v) is 3.35. The summed E-state index contributed by atoms with van der Waals surface area (Å²) in [5.41, 5.74) is 3.18. The van der Waals surface area contributed by atoms with E-state index < -0.39 is 12.1 Å². The third kappa shape index (κ3) is 2.55. The number of carbonyl (C=O) groups is 2. The second kappa shape index (κ2) is 5.98. The summed E-state index contributed by atoms with van der Waals surface area (Å²) in [5.74, 6) is 0.0244. The maximum absolute atomic E-state index is 12.9. The van der Waals surface area contributed by atoms with Gasteiger partial charge in [-0.3, -0.25) is 14.8 Å². The number of aryl methyl sites for hydroxylation is 1. The molecule has 7 heteroatoms. The summed E-state index contributed by atoms with van der Waals surface area (Å²) in [5, 5.41) is 7.25. The Hall–Kier alpha value is -2.05. The van der Waals surface area contributed by atoms with Gasteiger partial charge in [-0.25, -0.2) is 4.79 Å². The predicted octanol–water partition coefficient (Wildman–Crippen LogP) is 1.22. The largest absolute Gasteiger partial charge is 0.453 e. The van der Waals surface area contributed by atoms with E-state index in [0.717, 1.165) is 36.2 Å². The molecule has 0 spiro atoms. The lowest BCUT2D eigenvalue weighted by molar-refractivity contribution is -0.138. The van der Waals surface area contributed by atoms with Crippen LogP contribution in [0.25, 0.3) is 0 Å². The zero-order chi connectivity index (χ0) is 15.7. The maximum Gasteiger partial charge on any atom is 0.410 e. The Bertz CT molecular complexity index is 583. The molecule has 0 aliphatic carbocycles. The van der Waals surface area contributed by atoms with Gasteiger partial charge in [0.25, 0.3) is 0 Å². The Morgan fingerprint density at radius 1 is 1.32 bits per heavy atom. The van der Waals surface area contributed by atoms with Crippen LogP contribution in [0.1, 0.15) is 36.2 Å². The molecule has 1 atom stereocenters. The number of piperidine rings is 1. The fourth-order valence-electron chi connectivity index (χ4n) is 3.35. The normalized spacial score (nSPS) is 21.5. The van der Waals surface area contributed by atoms with Crippen LogP contribution < -0.4 is 0 Å². The van der Waals surface area contributed by atoms with E-state index in [1.807, 2.05) is 11.8 Å². The van der Waals surface area contributed by atoms with Crippen LogP contribution in [-0.2, 0) is 22.5 Å². The van der Waals surface area contributed by atoms with Crippen LogP contribution in [0.5, 0.6) is 0 Å². The Morgan fingerprint density at radius 2 is 2.14 bits per heavy atom. The van der Waals surface area contributed by atoms with Gasteiger partial charge in [-0.1, -0.05) is 0 Å². The number of hydrogen-bond donors (Lipinski definition) is 1. The first-order chi connectivity index (χ1) is 10.6. The van der Waals surface area contributed by atoms with Crippen molar-refractivity contribution in [2.75, 3.05) is 20.2 Å². The van der Waals surface area contributed by atoms with Crippen LogP contribution >= 0.6 is 0 Å². The highest BCUT2D eigenvalue weighted by Crippen LogP contribution is 2.24. The van der Waals surface area contributed by atoms with Crippen molar-refractivity contribution >= 4 is 12.0 Å².